The molecule has 1 amide bonds. The molecule has 0 aromatic carbocycles. The first-order valence-electron chi connectivity index (χ1n) is 7.30. The molecule has 20 heavy (non-hydrogen) atoms. The highest BCUT2D eigenvalue weighted by Gasteiger charge is 2.31. The van der Waals surface area contributed by atoms with E-state index in [0.29, 0.717) is 12.3 Å². The number of amides is 1. The van der Waals surface area contributed by atoms with Gasteiger partial charge < -0.3 is 10.1 Å². The standard InChI is InChI=1S/C16H31NO3/c1-11(2)9-12(14(19)15(3,4)5)17-13(18)10-20-16(6,7)8/h11-12H,9-10H2,1-8H3,(H,17,18)/t12-/m0/s1. The minimum atomic E-state index is -0.461. The van der Waals surface area contributed by atoms with Gasteiger partial charge >= 0.3 is 0 Å². The number of rotatable bonds is 6. The van der Waals surface area contributed by atoms with E-state index in [4.69, 9.17) is 4.74 Å². The molecule has 1 atom stereocenters. The van der Waals surface area contributed by atoms with E-state index < -0.39 is 11.5 Å². The van der Waals surface area contributed by atoms with E-state index in [-0.39, 0.29) is 23.9 Å². The van der Waals surface area contributed by atoms with Crippen LogP contribution in [-0.4, -0.2) is 29.9 Å². The summed E-state index contributed by atoms with van der Waals surface area (Å²) >= 11 is 0. The zero-order chi connectivity index (χ0) is 16.1. The van der Waals surface area contributed by atoms with Crippen LogP contribution in [0.3, 0.4) is 0 Å². The summed E-state index contributed by atoms with van der Waals surface area (Å²) in [7, 11) is 0. The Labute approximate surface area is 123 Å². The highest BCUT2D eigenvalue weighted by atomic mass is 16.5. The van der Waals surface area contributed by atoms with E-state index in [0.717, 1.165) is 0 Å². The van der Waals surface area contributed by atoms with Crippen molar-refractivity contribution in [1.29, 1.82) is 0 Å². The third-order valence-electron chi connectivity index (χ3n) is 2.73. The van der Waals surface area contributed by atoms with Gasteiger partial charge in [0.1, 0.15) is 6.61 Å². The Bertz CT molecular complexity index is 335. The van der Waals surface area contributed by atoms with Gasteiger partial charge in [-0.2, -0.15) is 0 Å². The smallest absolute Gasteiger partial charge is 0.246 e. The lowest BCUT2D eigenvalue weighted by Gasteiger charge is -2.27. The van der Waals surface area contributed by atoms with Crippen LogP contribution in [0.2, 0.25) is 0 Å². The van der Waals surface area contributed by atoms with Crippen molar-refractivity contribution in [1.82, 2.24) is 5.32 Å². The predicted molar refractivity (Wildman–Crippen MR) is 81.6 cm³/mol. The van der Waals surface area contributed by atoms with Gasteiger partial charge in [-0.3, -0.25) is 9.59 Å². The third kappa shape index (κ3) is 8.31. The predicted octanol–water partition coefficient (Wildman–Crippen LogP) is 2.95. The molecule has 0 saturated carbocycles. The van der Waals surface area contributed by atoms with E-state index in [1.165, 1.54) is 0 Å². The quantitative estimate of drug-likeness (QED) is 0.816. The van der Waals surface area contributed by atoms with Gasteiger partial charge in [0.25, 0.3) is 0 Å². The zero-order valence-corrected chi connectivity index (χ0v) is 14.3. The normalized spacial score (nSPS) is 14.2. The average molecular weight is 285 g/mol. The van der Waals surface area contributed by atoms with Gasteiger partial charge in [-0.05, 0) is 33.1 Å². The summed E-state index contributed by atoms with van der Waals surface area (Å²) < 4.78 is 5.44. The van der Waals surface area contributed by atoms with Crippen molar-refractivity contribution in [2.75, 3.05) is 6.61 Å². The second-order valence-corrected chi connectivity index (χ2v) is 7.76. The summed E-state index contributed by atoms with van der Waals surface area (Å²) in [5.41, 5.74) is -0.823. The maximum Gasteiger partial charge on any atom is 0.246 e. The number of carbonyl (C=O) groups excluding carboxylic acids is 2. The molecular formula is C16H31NO3. The van der Waals surface area contributed by atoms with E-state index in [9.17, 15) is 9.59 Å². The maximum absolute atomic E-state index is 12.4. The molecule has 0 aliphatic rings. The SMILES string of the molecule is CC(C)C[C@H](NC(=O)COC(C)(C)C)C(=O)C(C)(C)C. The first kappa shape index (κ1) is 19.1. The second kappa shape index (κ2) is 7.21. The first-order valence-corrected chi connectivity index (χ1v) is 7.30. The van der Waals surface area contributed by atoms with Gasteiger partial charge in [0, 0.05) is 5.41 Å². The molecule has 0 aliphatic carbocycles. The molecule has 0 unspecified atom stereocenters. The number of carbonyl (C=O) groups is 2. The lowest BCUT2D eigenvalue weighted by molar-refractivity contribution is -0.136. The third-order valence-corrected chi connectivity index (χ3v) is 2.73. The van der Waals surface area contributed by atoms with Crippen LogP contribution in [0.15, 0.2) is 0 Å². The molecule has 0 aliphatic heterocycles. The van der Waals surface area contributed by atoms with Crippen molar-refractivity contribution in [2.24, 2.45) is 11.3 Å². The molecule has 0 fully saturated rings. The van der Waals surface area contributed by atoms with E-state index in [1.807, 2.05) is 55.4 Å². The number of hydrogen-bond acceptors (Lipinski definition) is 3. The van der Waals surface area contributed by atoms with Crippen LogP contribution >= 0.6 is 0 Å². The van der Waals surface area contributed by atoms with E-state index in [1.54, 1.807) is 0 Å². The van der Waals surface area contributed by atoms with Crippen LogP contribution in [-0.2, 0) is 14.3 Å². The van der Waals surface area contributed by atoms with E-state index >= 15 is 0 Å². The minimum Gasteiger partial charge on any atom is -0.366 e. The van der Waals surface area contributed by atoms with Crippen molar-refractivity contribution >= 4 is 11.7 Å². The number of ether oxygens (including phenoxy) is 1. The average Bonchev–Trinajstić information content (AvgIpc) is 2.21. The fraction of sp³-hybridized carbons (Fsp3) is 0.875. The van der Waals surface area contributed by atoms with E-state index in [2.05, 4.69) is 5.32 Å². The summed E-state index contributed by atoms with van der Waals surface area (Å²) in [6.07, 6.45) is 0.650. The van der Waals surface area contributed by atoms with Crippen LogP contribution in [0.4, 0.5) is 0 Å². The van der Waals surface area contributed by atoms with Crippen molar-refractivity contribution in [3.05, 3.63) is 0 Å². The van der Waals surface area contributed by atoms with Gasteiger partial charge in [-0.1, -0.05) is 34.6 Å². The molecule has 0 bridgehead atoms. The summed E-state index contributed by atoms with van der Waals surface area (Å²) in [5.74, 6) is 0.175. The highest BCUT2D eigenvalue weighted by Crippen LogP contribution is 2.20. The number of Topliss-reactive ketones (excluding diaryl/α,β-unsaturated/α-hetero) is 1. The van der Waals surface area contributed by atoms with Gasteiger partial charge in [0.15, 0.2) is 5.78 Å². The Morgan fingerprint density at radius 3 is 1.90 bits per heavy atom. The molecule has 0 aromatic rings. The molecule has 0 heterocycles. The summed E-state index contributed by atoms with van der Waals surface area (Å²) in [6, 6.07) is -0.439. The lowest BCUT2D eigenvalue weighted by Crippen LogP contribution is -2.47. The molecular weight excluding hydrogens is 254 g/mol. The number of ketones is 1. The van der Waals surface area contributed by atoms with Crippen molar-refractivity contribution in [3.63, 3.8) is 0 Å². The molecule has 1 N–H and O–H groups in total. The fourth-order valence-corrected chi connectivity index (χ4v) is 1.74. The molecule has 0 spiro atoms. The first-order chi connectivity index (χ1) is 8.83. The second-order valence-electron chi connectivity index (χ2n) is 7.76. The summed E-state index contributed by atoms with van der Waals surface area (Å²) in [5, 5.41) is 2.81. The summed E-state index contributed by atoms with van der Waals surface area (Å²) in [6.45, 7) is 15.4. The topological polar surface area (TPSA) is 55.4 Å². The molecule has 0 radical (unpaired) electrons. The molecule has 118 valence electrons. The Balaban J connectivity index is 4.66. The van der Waals surface area contributed by atoms with Crippen molar-refractivity contribution in [3.8, 4) is 0 Å². The lowest BCUT2D eigenvalue weighted by atomic mass is 9.83. The largest absolute Gasteiger partial charge is 0.366 e. The molecule has 0 saturated heterocycles. The molecule has 4 nitrogen and oxygen atoms in total. The highest BCUT2D eigenvalue weighted by molar-refractivity contribution is 5.92. The van der Waals surface area contributed by atoms with Crippen LogP contribution in [0.1, 0.15) is 61.8 Å². The van der Waals surface area contributed by atoms with Crippen LogP contribution in [0.5, 0.6) is 0 Å². The monoisotopic (exact) mass is 285 g/mol. The van der Waals surface area contributed by atoms with Gasteiger partial charge in [-0.25, -0.2) is 0 Å². The number of nitrogens with one attached hydrogen (secondary N) is 1. The Morgan fingerprint density at radius 1 is 1.05 bits per heavy atom. The molecule has 0 aromatic heterocycles. The van der Waals surface area contributed by atoms with Gasteiger partial charge in [0.2, 0.25) is 5.91 Å². The summed E-state index contributed by atoms with van der Waals surface area (Å²) in [4.78, 5) is 24.3. The Morgan fingerprint density at radius 2 is 1.55 bits per heavy atom. The van der Waals surface area contributed by atoms with Crippen LogP contribution in [0, 0.1) is 11.3 Å². The number of hydrogen-bond donors (Lipinski definition) is 1. The van der Waals surface area contributed by atoms with Crippen molar-refractivity contribution < 1.29 is 14.3 Å². The Hall–Kier alpha value is -0.900. The fourth-order valence-electron chi connectivity index (χ4n) is 1.74. The maximum atomic E-state index is 12.4. The van der Waals surface area contributed by atoms with Crippen LogP contribution in [0.25, 0.3) is 0 Å². The van der Waals surface area contributed by atoms with Gasteiger partial charge in [-0.15, -0.1) is 0 Å². The minimum absolute atomic E-state index is 0.0183. The Kier molecular flexibility index (Phi) is 6.88. The zero-order valence-electron chi connectivity index (χ0n) is 14.3. The van der Waals surface area contributed by atoms with Gasteiger partial charge in [0.05, 0.1) is 11.6 Å². The molecule has 0 rings (SSSR count). The van der Waals surface area contributed by atoms with Crippen LogP contribution < -0.4 is 5.32 Å². The molecule has 4 heteroatoms. The van der Waals surface area contributed by atoms with Crippen molar-refractivity contribution in [2.45, 2.75) is 73.5 Å².